The molecule has 0 saturated heterocycles. The van der Waals surface area contributed by atoms with E-state index >= 15 is 0 Å². The molecule has 0 saturated carbocycles. The van der Waals surface area contributed by atoms with Crippen LogP contribution in [0.2, 0.25) is 0 Å². The van der Waals surface area contributed by atoms with Crippen molar-refractivity contribution < 1.29 is 22.7 Å². The Morgan fingerprint density at radius 1 is 1.12 bits per heavy atom. The molecular weight excluding hydrogens is 347 g/mol. The number of primary amides is 1. The second-order valence-corrected chi connectivity index (χ2v) is 5.54. The van der Waals surface area contributed by atoms with Gasteiger partial charge in [-0.15, -0.1) is 13.2 Å². The van der Waals surface area contributed by atoms with Gasteiger partial charge in [0.25, 0.3) is 5.91 Å². The Kier molecular flexibility index (Phi) is 4.41. The van der Waals surface area contributed by atoms with Gasteiger partial charge in [0.05, 0.1) is 5.69 Å². The SMILES string of the molecule is Cc1cc(C(N)=O)nn1-c1cccc(-c2ccccc2OC(F)(F)F)c1. The highest BCUT2D eigenvalue weighted by Gasteiger charge is 2.32. The predicted molar refractivity (Wildman–Crippen MR) is 88.9 cm³/mol. The summed E-state index contributed by atoms with van der Waals surface area (Å²) in [5, 5.41) is 4.13. The number of rotatable bonds is 4. The standard InChI is InChI=1S/C18H14F3N3O2/c1-11-9-15(17(22)25)23-24(11)13-6-4-5-12(10-13)14-7-2-3-8-16(14)26-18(19,20)21/h2-10H,1H3,(H2,22,25). The molecule has 0 aliphatic carbocycles. The third kappa shape index (κ3) is 3.69. The molecule has 5 nitrogen and oxygen atoms in total. The van der Waals surface area contributed by atoms with Gasteiger partial charge in [0.2, 0.25) is 0 Å². The van der Waals surface area contributed by atoms with Gasteiger partial charge in [0, 0.05) is 11.3 Å². The molecule has 0 atom stereocenters. The molecule has 1 amide bonds. The molecule has 8 heteroatoms. The van der Waals surface area contributed by atoms with Gasteiger partial charge in [-0.05, 0) is 36.8 Å². The summed E-state index contributed by atoms with van der Waals surface area (Å²) in [5.41, 5.74) is 7.38. The number of aryl methyl sites for hydroxylation is 1. The van der Waals surface area contributed by atoms with Crippen LogP contribution in [0.15, 0.2) is 54.6 Å². The summed E-state index contributed by atoms with van der Waals surface area (Å²) in [6, 6.07) is 14.1. The van der Waals surface area contributed by atoms with E-state index in [2.05, 4.69) is 9.84 Å². The van der Waals surface area contributed by atoms with Crippen molar-refractivity contribution in [2.45, 2.75) is 13.3 Å². The molecule has 2 aromatic carbocycles. The van der Waals surface area contributed by atoms with Crippen LogP contribution in [0.5, 0.6) is 5.75 Å². The van der Waals surface area contributed by atoms with Crippen LogP contribution >= 0.6 is 0 Å². The average molecular weight is 361 g/mol. The van der Waals surface area contributed by atoms with Crippen LogP contribution in [0.4, 0.5) is 13.2 Å². The normalized spacial score (nSPS) is 11.4. The zero-order valence-corrected chi connectivity index (χ0v) is 13.6. The number of alkyl halides is 3. The van der Waals surface area contributed by atoms with Crippen LogP contribution in [0, 0.1) is 6.92 Å². The van der Waals surface area contributed by atoms with Gasteiger partial charge in [0.1, 0.15) is 5.75 Å². The van der Waals surface area contributed by atoms with Gasteiger partial charge >= 0.3 is 6.36 Å². The van der Waals surface area contributed by atoms with Crippen LogP contribution in [-0.4, -0.2) is 22.1 Å². The molecule has 0 fully saturated rings. The minimum Gasteiger partial charge on any atom is -0.405 e. The predicted octanol–water partition coefficient (Wildman–Crippen LogP) is 3.85. The molecule has 0 aliphatic heterocycles. The van der Waals surface area contributed by atoms with Gasteiger partial charge in [-0.25, -0.2) is 4.68 Å². The van der Waals surface area contributed by atoms with Gasteiger partial charge in [-0.3, -0.25) is 4.79 Å². The van der Waals surface area contributed by atoms with E-state index in [1.54, 1.807) is 37.3 Å². The summed E-state index contributed by atoms with van der Waals surface area (Å²) in [7, 11) is 0. The van der Waals surface area contributed by atoms with E-state index in [-0.39, 0.29) is 17.0 Å². The van der Waals surface area contributed by atoms with Crippen molar-refractivity contribution in [2.24, 2.45) is 5.73 Å². The first-order valence-corrected chi connectivity index (χ1v) is 7.56. The average Bonchev–Trinajstić information content (AvgIpc) is 2.96. The van der Waals surface area contributed by atoms with Crippen molar-refractivity contribution in [3.8, 4) is 22.6 Å². The maximum absolute atomic E-state index is 12.6. The van der Waals surface area contributed by atoms with Gasteiger partial charge in [0.15, 0.2) is 5.69 Å². The number of aromatic nitrogens is 2. The molecule has 0 spiro atoms. The Hall–Kier alpha value is -3.29. The molecule has 1 heterocycles. The lowest BCUT2D eigenvalue weighted by atomic mass is 10.0. The molecule has 0 radical (unpaired) electrons. The Morgan fingerprint density at radius 2 is 1.85 bits per heavy atom. The van der Waals surface area contributed by atoms with Crippen molar-refractivity contribution in [3.63, 3.8) is 0 Å². The maximum atomic E-state index is 12.6. The van der Waals surface area contributed by atoms with E-state index < -0.39 is 12.3 Å². The lowest BCUT2D eigenvalue weighted by Crippen LogP contribution is -2.17. The highest BCUT2D eigenvalue weighted by molar-refractivity contribution is 5.90. The maximum Gasteiger partial charge on any atom is 0.573 e. The molecule has 0 aliphatic rings. The highest BCUT2D eigenvalue weighted by Crippen LogP contribution is 2.34. The molecule has 2 N–H and O–H groups in total. The summed E-state index contributed by atoms with van der Waals surface area (Å²) in [5.74, 6) is -0.959. The molecular formula is C18H14F3N3O2. The number of halogens is 3. The molecule has 26 heavy (non-hydrogen) atoms. The number of benzene rings is 2. The van der Waals surface area contributed by atoms with Crippen molar-refractivity contribution in [2.75, 3.05) is 0 Å². The summed E-state index contributed by atoms with van der Waals surface area (Å²) in [6.07, 6.45) is -4.79. The van der Waals surface area contributed by atoms with E-state index in [1.165, 1.54) is 28.9 Å². The van der Waals surface area contributed by atoms with Crippen molar-refractivity contribution in [1.29, 1.82) is 0 Å². The number of amides is 1. The third-order valence-electron chi connectivity index (χ3n) is 3.65. The van der Waals surface area contributed by atoms with E-state index in [0.717, 1.165) is 0 Å². The largest absolute Gasteiger partial charge is 0.573 e. The fourth-order valence-corrected chi connectivity index (χ4v) is 2.58. The second kappa shape index (κ2) is 6.55. The molecule has 0 unspecified atom stereocenters. The molecule has 1 aromatic heterocycles. The number of carbonyl (C=O) groups is 1. The lowest BCUT2D eigenvalue weighted by Gasteiger charge is -2.14. The van der Waals surface area contributed by atoms with Gasteiger partial charge in [-0.1, -0.05) is 30.3 Å². The Balaban J connectivity index is 2.05. The Labute approximate surface area is 146 Å². The fraction of sp³-hybridized carbons (Fsp3) is 0.111. The summed E-state index contributed by atoms with van der Waals surface area (Å²) in [4.78, 5) is 11.3. The first-order chi connectivity index (χ1) is 12.2. The molecule has 134 valence electrons. The second-order valence-electron chi connectivity index (χ2n) is 5.54. The van der Waals surface area contributed by atoms with Crippen LogP contribution in [0.1, 0.15) is 16.2 Å². The summed E-state index contributed by atoms with van der Waals surface area (Å²) >= 11 is 0. The van der Waals surface area contributed by atoms with Crippen molar-refractivity contribution in [1.82, 2.24) is 9.78 Å². The highest BCUT2D eigenvalue weighted by atomic mass is 19.4. The zero-order chi connectivity index (χ0) is 18.9. The number of hydrogen-bond acceptors (Lipinski definition) is 3. The van der Waals surface area contributed by atoms with Gasteiger partial charge < -0.3 is 10.5 Å². The Morgan fingerprint density at radius 3 is 2.50 bits per heavy atom. The Bertz CT molecular complexity index is 964. The monoisotopic (exact) mass is 361 g/mol. The van der Waals surface area contributed by atoms with Crippen LogP contribution < -0.4 is 10.5 Å². The minimum atomic E-state index is -4.79. The van der Waals surface area contributed by atoms with E-state index in [0.29, 0.717) is 16.9 Å². The third-order valence-corrected chi connectivity index (χ3v) is 3.65. The van der Waals surface area contributed by atoms with Gasteiger partial charge in [-0.2, -0.15) is 5.10 Å². The number of nitrogens with zero attached hydrogens (tertiary/aromatic N) is 2. The molecule has 0 bridgehead atoms. The molecule has 3 aromatic rings. The van der Waals surface area contributed by atoms with E-state index in [4.69, 9.17) is 5.73 Å². The van der Waals surface area contributed by atoms with Crippen molar-refractivity contribution >= 4 is 5.91 Å². The lowest BCUT2D eigenvalue weighted by molar-refractivity contribution is -0.274. The topological polar surface area (TPSA) is 70.1 Å². The zero-order valence-electron chi connectivity index (χ0n) is 13.6. The number of hydrogen-bond donors (Lipinski definition) is 1. The van der Waals surface area contributed by atoms with Crippen LogP contribution in [0.25, 0.3) is 16.8 Å². The first kappa shape index (κ1) is 17.5. The van der Waals surface area contributed by atoms with E-state index in [9.17, 15) is 18.0 Å². The quantitative estimate of drug-likeness (QED) is 0.767. The van der Waals surface area contributed by atoms with E-state index in [1.807, 2.05) is 0 Å². The molecule has 3 rings (SSSR count). The summed E-state index contributed by atoms with van der Waals surface area (Å²) < 4.78 is 43.5. The van der Waals surface area contributed by atoms with Crippen molar-refractivity contribution in [3.05, 3.63) is 66.0 Å². The number of nitrogens with two attached hydrogens (primary N) is 1. The van der Waals surface area contributed by atoms with Crippen LogP contribution in [0.3, 0.4) is 0 Å². The smallest absolute Gasteiger partial charge is 0.405 e. The number of ether oxygens (including phenoxy) is 1. The fourth-order valence-electron chi connectivity index (χ4n) is 2.58. The number of para-hydroxylation sites is 1. The van der Waals surface area contributed by atoms with Crippen LogP contribution in [-0.2, 0) is 0 Å². The number of carbonyl (C=O) groups excluding carboxylic acids is 1. The minimum absolute atomic E-state index is 0.105. The first-order valence-electron chi connectivity index (χ1n) is 7.56. The summed E-state index contributed by atoms with van der Waals surface area (Å²) in [6.45, 7) is 1.74.